The summed E-state index contributed by atoms with van der Waals surface area (Å²) >= 11 is 6.07. The lowest BCUT2D eigenvalue weighted by molar-refractivity contribution is 0.307. The predicted molar refractivity (Wildman–Crippen MR) is 68.7 cm³/mol. The van der Waals surface area contributed by atoms with E-state index in [9.17, 15) is 4.39 Å². The molecule has 2 atom stereocenters. The highest BCUT2D eigenvalue weighted by Crippen LogP contribution is 2.36. The number of benzene rings is 1. The highest BCUT2D eigenvalue weighted by molar-refractivity contribution is 6.31. The second-order valence-electron chi connectivity index (χ2n) is 4.92. The number of nitrogens with zero attached hydrogens (tertiary/aromatic N) is 1. The lowest BCUT2D eigenvalue weighted by Gasteiger charge is -2.20. The van der Waals surface area contributed by atoms with Crippen molar-refractivity contribution in [3.63, 3.8) is 0 Å². The third-order valence-corrected chi connectivity index (χ3v) is 4.01. The van der Waals surface area contributed by atoms with Crippen LogP contribution >= 0.6 is 11.6 Å². The third kappa shape index (κ3) is 2.46. The zero-order chi connectivity index (χ0) is 12.6. The topological polar surface area (TPSA) is 29.3 Å². The molecule has 0 spiro atoms. The van der Waals surface area contributed by atoms with Gasteiger partial charge in [-0.2, -0.15) is 0 Å². The molecule has 0 aromatic heterocycles. The van der Waals surface area contributed by atoms with E-state index < -0.39 is 0 Å². The van der Waals surface area contributed by atoms with Crippen LogP contribution in [0.25, 0.3) is 0 Å². The molecule has 17 heavy (non-hydrogen) atoms. The highest BCUT2D eigenvalue weighted by Gasteiger charge is 2.31. The number of halogens is 2. The summed E-state index contributed by atoms with van der Waals surface area (Å²) in [5.74, 6) is 0.283. The maximum absolute atomic E-state index is 14.0. The molecule has 0 amide bonds. The second kappa shape index (κ2) is 4.92. The molecule has 1 aromatic carbocycles. The molecule has 2 nitrogen and oxygen atoms in total. The molecule has 1 aliphatic rings. The van der Waals surface area contributed by atoms with Crippen molar-refractivity contribution >= 4 is 11.6 Å². The highest BCUT2D eigenvalue weighted by atomic mass is 35.5. The van der Waals surface area contributed by atoms with Crippen LogP contribution in [0, 0.1) is 18.7 Å². The Morgan fingerprint density at radius 3 is 2.82 bits per heavy atom. The Bertz CT molecular complexity index is 422. The van der Waals surface area contributed by atoms with Crippen molar-refractivity contribution in [2.24, 2.45) is 11.7 Å². The number of likely N-dealkylation sites (tertiary alicyclic amines) is 1. The Morgan fingerprint density at radius 1 is 1.53 bits per heavy atom. The van der Waals surface area contributed by atoms with Gasteiger partial charge in [0.15, 0.2) is 0 Å². The standard InChI is InChI=1S/C13H18ClFN2/c1-8-3-12(15)10(5-11(8)14)13-4-9(6-16)7-17(13)2/h3,5,9,13H,4,6-7,16H2,1-2H3. The zero-order valence-corrected chi connectivity index (χ0v) is 11.0. The van der Waals surface area contributed by atoms with Gasteiger partial charge in [0.25, 0.3) is 0 Å². The van der Waals surface area contributed by atoms with E-state index in [1.165, 1.54) is 6.07 Å². The Balaban J connectivity index is 2.31. The summed E-state index contributed by atoms with van der Waals surface area (Å²) in [5.41, 5.74) is 7.16. The Kier molecular flexibility index (Phi) is 3.71. The Morgan fingerprint density at radius 2 is 2.24 bits per heavy atom. The lowest BCUT2D eigenvalue weighted by Crippen LogP contribution is -2.21. The molecule has 2 unspecified atom stereocenters. The van der Waals surface area contributed by atoms with E-state index >= 15 is 0 Å². The average Bonchev–Trinajstić information content (AvgIpc) is 2.65. The first-order chi connectivity index (χ1) is 8.02. The Hall–Kier alpha value is -0.640. The fourth-order valence-electron chi connectivity index (χ4n) is 2.56. The van der Waals surface area contributed by atoms with Crippen LogP contribution in [0.3, 0.4) is 0 Å². The van der Waals surface area contributed by atoms with Crippen LogP contribution < -0.4 is 5.73 Å². The van der Waals surface area contributed by atoms with Crippen molar-refractivity contribution < 1.29 is 4.39 Å². The molecule has 0 bridgehead atoms. The summed E-state index contributed by atoms with van der Waals surface area (Å²) in [4.78, 5) is 2.15. The van der Waals surface area contributed by atoms with Gasteiger partial charge in [-0.05, 0) is 50.6 Å². The number of hydrogen-bond acceptors (Lipinski definition) is 2. The molecule has 1 aliphatic heterocycles. The monoisotopic (exact) mass is 256 g/mol. The molecule has 0 aliphatic carbocycles. The van der Waals surface area contributed by atoms with Gasteiger partial charge in [0.1, 0.15) is 5.82 Å². The molecule has 4 heteroatoms. The van der Waals surface area contributed by atoms with E-state index in [2.05, 4.69) is 4.90 Å². The minimum absolute atomic E-state index is 0.0987. The van der Waals surface area contributed by atoms with Crippen LogP contribution in [0.1, 0.15) is 23.6 Å². The summed E-state index contributed by atoms with van der Waals surface area (Å²) in [5, 5.41) is 0.631. The maximum atomic E-state index is 14.0. The molecule has 1 aromatic rings. The van der Waals surface area contributed by atoms with Crippen LogP contribution in [0.15, 0.2) is 12.1 Å². The largest absolute Gasteiger partial charge is 0.330 e. The lowest BCUT2D eigenvalue weighted by atomic mass is 9.98. The molecule has 1 fully saturated rings. The van der Waals surface area contributed by atoms with Crippen LogP contribution in [0.5, 0.6) is 0 Å². The Labute approximate surface area is 107 Å². The van der Waals surface area contributed by atoms with Gasteiger partial charge < -0.3 is 5.73 Å². The molecule has 2 N–H and O–H groups in total. The third-order valence-electron chi connectivity index (χ3n) is 3.61. The van der Waals surface area contributed by atoms with E-state index in [0.29, 0.717) is 23.0 Å². The van der Waals surface area contributed by atoms with Gasteiger partial charge in [-0.25, -0.2) is 4.39 Å². The number of aryl methyl sites for hydroxylation is 1. The van der Waals surface area contributed by atoms with E-state index in [-0.39, 0.29) is 11.9 Å². The van der Waals surface area contributed by atoms with Crippen molar-refractivity contribution in [1.29, 1.82) is 0 Å². The van der Waals surface area contributed by atoms with E-state index in [4.69, 9.17) is 17.3 Å². The van der Waals surface area contributed by atoms with Gasteiger partial charge in [-0.3, -0.25) is 4.90 Å². The maximum Gasteiger partial charge on any atom is 0.128 e. The van der Waals surface area contributed by atoms with Gasteiger partial charge in [-0.15, -0.1) is 0 Å². The fourth-order valence-corrected chi connectivity index (χ4v) is 2.73. The number of nitrogens with two attached hydrogens (primary N) is 1. The fraction of sp³-hybridized carbons (Fsp3) is 0.538. The molecule has 0 radical (unpaired) electrons. The summed E-state index contributed by atoms with van der Waals surface area (Å²) in [7, 11) is 2.01. The first kappa shape index (κ1) is 12.8. The first-order valence-corrected chi connectivity index (χ1v) is 6.26. The molecule has 0 saturated carbocycles. The number of hydrogen-bond donors (Lipinski definition) is 1. The van der Waals surface area contributed by atoms with Crippen LogP contribution in [0.4, 0.5) is 4.39 Å². The molecule has 1 heterocycles. The van der Waals surface area contributed by atoms with Crippen LogP contribution in [0.2, 0.25) is 5.02 Å². The summed E-state index contributed by atoms with van der Waals surface area (Å²) in [6.07, 6.45) is 0.906. The molecule has 94 valence electrons. The van der Waals surface area contributed by atoms with Crippen molar-refractivity contribution in [3.05, 3.63) is 34.1 Å². The van der Waals surface area contributed by atoms with Crippen molar-refractivity contribution in [1.82, 2.24) is 4.90 Å². The minimum Gasteiger partial charge on any atom is -0.330 e. The van der Waals surface area contributed by atoms with E-state index in [0.717, 1.165) is 18.5 Å². The summed E-state index contributed by atoms with van der Waals surface area (Å²) in [6, 6.07) is 3.37. The van der Waals surface area contributed by atoms with E-state index in [1.807, 2.05) is 14.0 Å². The van der Waals surface area contributed by atoms with Crippen molar-refractivity contribution in [2.75, 3.05) is 20.1 Å². The summed E-state index contributed by atoms with van der Waals surface area (Å²) < 4.78 is 14.0. The quantitative estimate of drug-likeness (QED) is 0.882. The molecule has 1 saturated heterocycles. The zero-order valence-electron chi connectivity index (χ0n) is 10.2. The van der Waals surface area contributed by atoms with Gasteiger partial charge in [0.05, 0.1) is 0 Å². The van der Waals surface area contributed by atoms with Gasteiger partial charge in [-0.1, -0.05) is 11.6 Å². The average molecular weight is 257 g/mol. The molecular formula is C13H18ClFN2. The summed E-state index contributed by atoms with van der Waals surface area (Å²) in [6.45, 7) is 3.39. The van der Waals surface area contributed by atoms with Crippen LogP contribution in [-0.2, 0) is 0 Å². The second-order valence-corrected chi connectivity index (χ2v) is 5.32. The smallest absolute Gasteiger partial charge is 0.128 e. The van der Waals surface area contributed by atoms with Crippen LogP contribution in [-0.4, -0.2) is 25.0 Å². The normalized spacial score (nSPS) is 25.5. The molecule has 2 rings (SSSR count). The van der Waals surface area contributed by atoms with Gasteiger partial charge >= 0.3 is 0 Å². The van der Waals surface area contributed by atoms with Crippen molar-refractivity contribution in [3.8, 4) is 0 Å². The SMILES string of the molecule is Cc1cc(F)c(C2CC(CN)CN2C)cc1Cl. The van der Waals surface area contributed by atoms with Gasteiger partial charge in [0, 0.05) is 23.2 Å². The van der Waals surface area contributed by atoms with E-state index in [1.54, 1.807) is 6.07 Å². The predicted octanol–water partition coefficient (Wildman–Crippen LogP) is 2.74. The molecular weight excluding hydrogens is 239 g/mol. The first-order valence-electron chi connectivity index (χ1n) is 5.88. The minimum atomic E-state index is -0.165. The van der Waals surface area contributed by atoms with Gasteiger partial charge in [0.2, 0.25) is 0 Å². The van der Waals surface area contributed by atoms with Crippen molar-refractivity contribution in [2.45, 2.75) is 19.4 Å². The number of rotatable bonds is 2.